The van der Waals surface area contributed by atoms with E-state index in [-0.39, 0.29) is 12.3 Å². The molecule has 2 rings (SSSR count). The van der Waals surface area contributed by atoms with Crippen LogP contribution < -0.4 is 0 Å². The van der Waals surface area contributed by atoms with E-state index in [9.17, 15) is 20.0 Å². The number of ether oxygens (including phenoxy) is 1. The maximum Gasteiger partial charge on any atom is 0.335 e. The van der Waals surface area contributed by atoms with E-state index >= 15 is 0 Å². The molecule has 0 aromatic heterocycles. The molecule has 0 bridgehead atoms. The van der Waals surface area contributed by atoms with Crippen molar-refractivity contribution in [2.45, 2.75) is 25.0 Å². The van der Waals surface area contributed by atoms with Crippen LogP contribution in [-0.2, 0) is 15.1 Å². The van der Waals surface area contributed by atoms with Gasteiger partial charge in [0.05, 0.1) is 23.1 Å². The van der Waals surface area contributed by atoms with Crippen molar-refractivity contribution in [3.05, 3.63) is 75.9 Å². The van der Waals surface area contributed by atoms with Gasteiger partial charge >= 0.3 is 5.97 Å². The fourth-order valence-corrected chi connectivity index (χ4v) is 3.28. The molecule has 7 heteroatoms. The molecule has 27 heavy (non-hydrogen) atoms. The van der Waals surface area contributed by atoms with Crippen LogP contribution in [0.25, 0.3) is 0 Å². The van der Waals surface area contributed by atoms with Gasteiger partial charge in [0.15, 0.2) is 0 Å². The molecule has 1 aromatic rings. The number of carbonyl (C=O) groups excluding carboxylic acids is 1. The zero-order chi connectivity index (χ0) is 20.2. The van der Waals surface area contributed by atoms with Crippen LogP contribution in [0.15, 0.2) is 60.2 Å². The summed E-state index contributed by atoms with van der Waals surface area (Å²) in [4.78, 5) is 24.7. The summed E-state index contributed by atoms with van der Waals surface area (Å²) in [7, 11) is 3.49. The molecule has 0 heterocycles. The number of hydrogen-bond acceptors (Lipinski definition) is 6. The van der Waals surface area contributed by atoms with Crippen molar-refractivity contribution in [3.8, 4) is 0 Å². The number of nitro benzene ring substituents is 1. The average molecular weight is 372 g/mol. The molecule has 0 spiro atoms. The summed E-state index contributed by atoms with van der Waals surface area (Å²) in [6.07, 6.45) is 5.45. The van der Waals surface area contributed by atoms with Crippen molar-refractivity contribution >= 4 is 11.7 Å². The summed E-state index contributed by atoms with van der Waals surface area (Å²) in [5, 5.41) is 22.6. The Balaban J connectivity index is 2.58. The van der Waals surface area contributed by atoms with Gasteiger partial charge in [-0.05, 0) is 49.9 Å². The molecule has 1 aromatic carbocycles. The molecule has 144 valence electrons. The highest BCUT2D eigenvalue weighted by Crippen LogP contribution is 2.42. The minimum absolute atomic E-state index is 0.0817. The molecule has 0 radical (unpaired) electrons. The van der Waals surface area contributed by atoms with Crippen LogP contribution in [0.1, 0.15) is 18.9 Å². The lowest BCUT2D eigenvalue weighted by Gasteiger charge is -2.43. The van der Waals surface area contributed by atoms with E-state index in [1.807, 2.05) is 6.92 Å². The van der Waals surface area contributed by atoms with Crippen molar-refractivity contribution in [2.75, 3.05) is 20.7 Å². The van der Waals surface area contributed by atoms with E-state index in [4.69, 9.17) is 4.74 Å². The fraction of sp³-hybridized carbons (Fsp3) is 0.350. The highest BCUT2D eigenvalue weighted by atomic mass is 16.6. The SMILES string of the molecule is C=CC1=CC=C(C(=O)OCCC)[C@H](N(C)C)[C@@]1(O)c1ccc([N+](=O)[O-])cc1. The number of nitrogens with zero attached hydrogens (tertiary/aromatic N) is 2. The zero-order valence-electron chi connectivity index (χ0n) is 15.7. The summed E-state index contributed by atoms with van der Waals surface area (Å²) in [5.74, 6) is -0.504. The van der Waals surface area contributed by atoms with Gasteiger partial charge in [0.25, 0.3) is 5.69 Å². The molecular formula is C20H24N2O5. The van der Waals surface area contributed by atoms with Gasteiger partial charge in [-0.3, -0.25) is 15.0 Å². The molecular weight excluding hydrogens is 348 g/mol. The Morgan fingerprint density at radius 2 is 2.00 bits per heavy atom. The van der Waals surface area contributed by atoms with Crippen LogP contribution in [0.2, 0.25) is 0 Å². The molecule has 1 aliphatic rings. The van der Waals surface area contributed by atoms with E-state index < -0.39 is 22.5 Å². The maximum absolute atomic E-state index is 12.6. The first-order chi connectivity index (χ1) is 12.8. The lowest BCUT2D eigenvalue weighted by molar-refractivity contribution is -0.384. The van der Waals surface area contributed by atoms with Crippen molar-refractivity contribution < 1.29 is 19.6 Å². The lowest BCUT2D eigenvalue weighted by atomic mass is 9.73. The van der Waals surface area contributed by atoms with Crippen molar-refractivity contribution in [2.24, 2.45) is 0 Å². The Labute approximate surface area is 158 Å². The van der Waals surface area contributed by atoms with Gasteiger partial charge in [-0.2, -0.15) is 0 Å². The van der Waals surface area contributed by atoms with Gasteiger partial charge in [0.2, 0.25) is 0 Å². The van der Waals surface area contributed by atoms with Crippen LogP contribution in [0, 0.1) is 10.1 Å². The Kier molecular flexibility index (Phi) is 6.30. The zero-order valence-corrected chi connectivity index (χ0v) is 15.7. The second-order valence-corrected chi connectivity index (χ2v) is 6.52. The minimum Gasteiger partial charge on any atom is -0.462 e. The van der Waals surface area contributed by atoms with Gasteiger partial charge in [-0.25, -0.2) is 4.79 Å². The number of rotatable bonds is 7. The molecule has 0 fully saturated rings. The van der Waals surface area contributed by atoms with Gasteiger partial charge in [-0.1, -0.05) is 25.7 Å². The number of carbonyl (C=O) groups is 1. The largest absolute Gasteiger partial charge is 0.462 e. The number of likely N-dealkylation sites (N-methyl/N-ethyl adjacent to an activating group) is 1. The van der Waals surface area contributed by atoms with E-state index in [0.29, 0.717) is 23.1 Å². The molecule has 0 saturated carbocycles. The number of benzene rings is 1. The molecule has 7 nitrogen and oxygen atoms in total. The number of allylic oxidation sites excluding steroid dienone is 2. The van der Waals surface area contributed by atoms with Gasteiger partial charge in [-0.15, -0.1) is 0 Å². The maximum atomic E-state index is 12.6. The minimum atomic E-state index is -1.62. The van der Waals surface area contributed by atoms with Gasteiger partial charge in [0, 0.05) is 12.1 Å². The summed E-state index contributed by atoms with van der Waals surface area (Å²) in [5.41, 5.74) is -0.481. The molecule has 2 atom stereocenters. The summed E-state index contributed by atoms with van der Waals surface area (Å²) in [6, 6.07) is 4.89. The Morgan fingerprint density at radius 1 is 1.37 bits per heavy atom. The highest BCUT2D eigenvalue weighted by molar-refractivity contribution is 5.91. The first-order valence-electron chi connectivity index (χ1n) is 8.63. The topological polar surface area (TPSA) is 92.9 Å². The quantitative estimate of drug-likeness (QED) is 0.449. The van der Waals surface area contributed by atoms with Crippen LogP contribution in [-0.4, -0.2) is 47.6 Å². The summed E-state index contributed by atoms with van der Waals surface area (Å²) in [6.45, 7) is 5.94. The Hall–Kier alpha value is -2.77. The smallest absolute Gasteiger partial charge is 0.335 e. The molecule has 0 unspecified atom stereocenters. The highest BCUT2D eigenvalue weighted by Gasteiger charge is 2.48. The molecule has 0 saturated heterocycles. The standard InChI is InChI=1S/C20H24N2O5/c1-5-13-27-19(23)17-12-9-14(6-2)20(24,18(17)21(3)4)15-7-10-16(11-8-15)22(25)26/h6-12,18,24H,2,5,13H2,1,3-4H3/t18-,20-/m0/s1. The van der Waals surface area contributed by atoms with Crippen LogP contribution >= 0.6 is 0 Å². The Bertz CT molecular complexity index is 795. The first kappa shape index (κ1) is 20.5. The van der Waals surface area contributed by atoms with E-state index in [1.165, 1.54) is 30.3 Å². The van der Waals surface area contributed by atoms with Crippen LogP contribution in [0.5, 0.6) is 0 Å². The number of non-ortho nitro benzene ring substituents is 1. The third-order valence-electron chi connectivity index (χ3n) is 4.50. The predicted molar refractivity (Wildman–Crippen MR) is 102 cm³/mol. The second kappa shape index (κ2) is 8.28. The van der Waals surface area contributed by atoms with E-state index in [1.54, 1.807) is 31.1 Å². The summed E-state index contributed by atoms with van der Waals surface area (Å²) < 4.78 is 5.27. The molecule has 0 aliphatic heterocycles. The second-order valence-electron chi connectivity index (χ2n) is 6.52. The Morgan fingerprint density at radius 3 is 2.48 bits per heavy atom. The molecule has 0 amide bonds. The number of nitro groups is 1. The van der Waals surface area contributed by atoms with Crippen LogP contribution in [0.3, 0.4) is 0 Å². The third-order valence-corrected chi connectivity index (χ3v) is 4.50. The normalized spacial score (nSPS) is 22.0. The number of hydrogen-bond donors (Lipinski definition) is 1. The first-order valence-corrected chi connectivity index (χ1v) is 8.63. The van der Waals surface area contributed by atoms with E-state index in [0.717, 1.165) is 0 Å². The number of esters is 1. The fourth-order valence-electron chi connectivity index (χ4n) is 3.28. The van der Waals surface area contributed by atoms with Crippen molar-refractivity contribution in [1.82, 2.24) is 4.90 Å². The summed E-state index contributed by atoms with van der Waals surface area (Å²) >= 11 is 0. The van der Waals surface area contributed by atoms with Gasteiger partial charge in [0.1, 0.15) is 5.60 Å². The van der Waals surface area contributed by atoms with Gasteiger partial charge < -0.3 is 9.84 Å². The monoisotopic (exact) mass is 372 g/mol. The third kappa shape index (κ3) is 3.84. The lowest BCUT2D eigenvalue weighted by Crippen LogP contribution is -2.52. The molecule has 1 N–H and O–H groups in total. The predicted octanol–water partition coefficient (Wildman–Crippen LogP) is 2.72. The average Bonchev–Trinajstić information content (AvgIpc) is 2.65. The van der Waals surface area contributed by atoms with Crippen molar-refractivity contribution in [3.63, 3.8) is 0 Å². The van der Waals surface area contributed by atoms with E-state index in [2.05, 4.69) is 6.58 Å². The molecule has 1 aliphatic carbocycles. The van der Waals surface area contributed by atoms with Crippen molar-refractivity contribution in [1.29, 1.82) is 0 Å². The number of aliphatic hydroxyl groups is 1. The van der Waals surface area contributed by atoms with Crippen LogP contribution in [0.4, 0.5) is 5.69 Å².